The van der Waals surface area contributed by atoms with Crippen molar-refractivity contribution in [3.05, 3.63) is 66.4 Å². The highest BCUT2D eigenvalue weighted by molar-refractivity contribution is 5.57. The average Bonchev–Trinajstić information content (AvgIpc) is 2.68. The van der Waals surface area contributed by atoms with Crippen molar-refractivity contribution < 1.29 is 4.74 Å². The summed E-state index contributed by atoms with van der Waals surface area (Å²) in [5.41, 5.74) is 1.86. The number of hydrogen-bond acceptors (Lipinski definition) is 5. The summed E-state index contributed by atoms with van der Waals surface area (Å²) in [5, 5.41) is 3.28. The summed E-state index contributed by atoms with van der Waals surface area (Å²) in [6.07, 6.45) is 2.31. The minimum absolute atomic E-state index is 0.602. The van der Waals surface area contributed by atoms with Crippen LogP contribution in [0, 0.1) is 6.92 Å². The third kappa shape index (κ3) is 5.45. The lowest BCUT2D eigenvalue weighted by Crippen LogP contribution is -2.20. The summed E-state index contributed by atoms with van der Waals surface area (Å²) in [4.78, 5) is 11.3. The second-order valence-electron chi connectivity index (χ2n) is 6.53. The van der Waals surface area contributed by atoms with E-state index in [2.05, 4.69) is 34.2 Å². The Morgan fingerprint density at radius 2 is 1.67 bits per heavy atom. The summed E-state index contributed by atoms with van der Waals surface area (Å²) < 4.78 is 5.83. The lowest BCUT2D eigenvalue weighted by atomic mass is 10.3. The summed E-state index contributed by atoms with van der Waals surface area (Å²) >= 11 is 0. The molecule has 0 aliphatic carbocycles. The molecule has 0 bridgehead atoms. The largest absolute Gasteiger partial charge is 0.457 e. The number of ether oxygens (including phenoxy) is 1. The van der Waals surface area contributed by atoms with Crippen LogP contribution in [0.15, 0.2) is 60.7 Å². The van der Waals surface area contributed by atoms with E-state index in [0.717, 1.165) is 48.1 Å². The van der Waals surface area contributed by atoms with E-state index in [4.69, 9.17) is 4.74 Å². The normalized spacial score (nSPS) is 10.5. The van der Waals surface area contributed by atoms with Crippen LogP contribution in [0.4, 0.5) is 17.5 Å². The molecule has 0 saturated carbocycles. The highest BCUT2D eigenvalue weighted by Gasteiger charge is 2.07. The quantitative estimate of drug-likeness (QED) is 0.569. The van der Waals surface area contributed by atoms with Gasteiger partial charge in [-0.15, -0.1) is 0 Å². The molecule has 0 saturated heterocycles. The molecule has 1 aromatic heterocycles. The molecule has 1 N–H and O–H groups in total. The van der Waals surface area contributed by atoms with Crippen LogP contribution in [0.5, 0.6) is 11.5 Å². The smallest absolute Gasteiger partial charge is 0.229 e. The maximum absolute atomic E-state index is 5.83. The average molecular weight is 362 g/mol. The first kappa shape index (κ1) is 18.7. The van der Waals surface area contributed by atoms with Crippen LogP contribution in [0.25, 0.3) is 0 Å². The van der Waals surface area contributed by atoms with Crippen LogP contribution in [-0.4, -0.2) is 23.6 Å². The molecule has 140 valence electrons. The zero-order valence-corrected chi connectivity index (χ0v) is 16.1. The maximum Gasteiger partial charge on any atom is 0.229 e. The van der Waals surface area contributed by atoms with Crippen molar-refractivity contribution in [1.82, 2.24) is 9.97 Å². The number of para-hydroxylation sites is 1. The van der Waals surface area contributed by atoms with Gasteiger partial charge in [0, 0.05) is 31.0 Å². The Hall–Kier alpha value is -3.08. The van der Waals surface area contributed by atoms with Crippen LogP contribution in [-0.2, 0) is 0 Å². The second-order valence-corrected chi connectivity index (χ2v) is 6.53. The topological polar surface area (TPSA) is 50.3 Å². The van der Waals surface area contributed by atoms with Crippen LogP contribution in [0.3, 0.4) is 0 Å². The summed E-state index contributed by atoms with van der Waals surface area (Å²) in [7, 11) is 2.07. The predicted molar refractivity (Wildman–Crippen MR) is 111 cm³/mol. The van der Waals surface area contributed by atoms with Crippen LogP contribution < -0.4 is 15.0 Å². The molecular formula is C22H26N4O. The van der Waals surface area contributed by atoms with Crippen molar-refractivity contribution in [2.45, 2.75) is 26.7 Å². The van der Waals surface area contributed by atoms with E-state index in [-0.39, 0.29) is 0 Å². The molecule has 27 heavy (non-hydrogen) atoms. The number of nitrogens with zero attached hydrogens (tertiary/aromatic N) is 3. The number of unbranched alkanes of at least 4 members (excludes halogenated alkanes) is 1. The van der Waals surface area contributed by atoms with Gasteiger partial charge in [0.25, 0.3) is 0 Å². The molecule has 0 aliphatic rings. The Labute approximate surface area is 161 Å². The van der Waals surface area contributed by atoms with Gasteiger partial charge in [-0.3, -0.25) is 0 Å². The van der Waals surface area contributed by atoms with Gasteiger partial charge in [-0.05, 0) is 49.7 Å². The molecule has 0 aliphatic heterocycles. The number of anilines is 3. The van der Waals surface area contributed by atoms with Crippen molar-refractivity contribution in [3.63, 3.8) is 0 Å². The Morgan fingerprint density at radius 1 is 0.963 bits per heavy atom. The number of benzene rings is 2. The van der Waals surface area contributed by atoms with Gasteiger partial charge in [0.05, 0.1) is 0 Å². The summed E-state index contributed by atoms with van der Waals surface area (Å²) in [6.45, 7) is 5.16. The zero-order valence-electron chi connectivity index (χ0n) is 16.1. The molecule has 0 fully saturated rings. The number of aryl methyl sites for hydroxylation is 1. The Kier molecular flexibility index (Phi) is 6.26. The number of aromatic nitrogens is 2. The fourth-order valence-electron chi connectivity index (χ4n) is 2.67. The van der Waals surface area contributed by atoms with Gasteiger partial charge in [0.15, 0.2) is 0 Å². The van der Waals surface area contributed by atoms with E-state index in [1.165, 1.54) is 0 Å². The predicted octanol–water partition coefficient (Wildman–Crippen LogP) is 5.56. The lowest BCUT2D eigenvalue weighted by Gasteiger charge is -2.19. The highest BCUT2D eigenvalue weighted by atomic mass is 16.5. The van der Waals surface area contributed by atoms with Crippen molar-refractivity contribution in [3.8, 4) is 11.5 Å². The maximum atomic E-state index is 5.83. The van der Waals surface area contributed by atoms with Crippen LogP contribution in [0.2, 0.25) is 0 Å². The zero-order chi connectivity index (χ0) is 19.1. The monoisotopic (exact) mass is 362 g/mol. The third-order valence-electron chi connectivity index (χ3n) is 4.17. The second kappa shape index (κ2) is 9.03. The fraction of sp³-hybridized carbons (Fsp3) is 0.273. The van der Waals surface area contributed by atoms with Crippen molar-refractivity contribution >= 4 is 17.5 Å². The minimum Gasteiger partial charge on any atom is -0.457 e. The van der Waals surface area contributed by atoms with Crippen molar-refractivity contribution in [2.75, 3.05) is 23.8 Å². The van der Waals surface area contributed by atoms with Gasteiger partial charge in [-0.1, -0.05) is 31.5 Å². The molecule has 5 heteroatoms. The van der Waals surface area contributed by atoms with Crippen molar-refractivity contribution in [1.29, 1.82) is 0 Å². The van der Waals surface area contributed by atoms with Crippen LogP contribution >= 0.6 is 0 Å². The molecule has 3 aromatic rings. The molecule has 0 unspecified atom stereocenters. The number of nitrogens with one attached hydrogen (secondary N) is 1. The molecular weight excluding hydrogens is 336 g/mol. The van der Waals surface area contributed by atoms with Crippen molar-refractivity contribution in [2.24, 2.45) is 0 Å². The van der Waals surface area contributed by atoms with Crippen LogP contribution in [0.1, 0.15) is 25.5 Å². The summed E-state index contributed by atoms with van der Waals surface area (Å²) in [5.74, 6) is 3.14. The van der Waals surface area contributed by atoms with Gasteiger partial charge in [0.1, 0.15) is 17.3 Å². The van der Waals surface area contributed by atoms with Gasteiger partial charge in [-0.25, -0.2) is 4.98 Å². The molecule has 3 rings (SSSR count). The molecule has 0 radical (unpaired) electrons. The Balaban J connectivity index is 1.68. The van der Waals surface area contributed by atoms with Gasteiger partial charge in [-0.2, -0.15) is 4.98 Å². The minimum atomic E-state index is 0.602. The third-order valence-corrected chi connectivity index (χ3v) is 4.17. The van der Waals surface area contributed by atoms with Gasteiger partial charge < -0.3 is 15.0 Å². The Morgan fingerprint density at radius 3 is 2.37 bits per heavy atom. The highest BCUT2D eigenvalue weighted by Crippen LogP contribution is 2.24. The first-order chi connectivity index (χ1) is 13.1. The number of hydrogen-bond donors (Lipinski definition) is 1. The van der Waals surface area contributed by atoms with E-state index in [1.807, 2.05) is 67.6 Å². The SMILES string of the molecule is CCCCN(C)c1cc(C)nc(Nc2ccc(Oc3ccccc3)cc2)n1. The van der Waals surface area contributed by atoms with E-state index in [9.17, 15) is 0 Å². The number of rotatable bonds is 8. The fourth-order valence-corrected chi connectivity index (χ4v) is 2.67. The van der Waals surface area contributed by atoms with Gasteiger partial charge >= 0.3 is 0 Å². The van der Waals surface area contributed by atoms with E-state index >= 15 is 0 Å². The molecule has 5 nitrogen and oxygen atoms in total. The molecule has 0 atom stereocenters. The van der Waals surface area contributed by atoms with E-state index in [1.54, 1.807) is 0 Å². The lowest BCUT2D eigenvalue weighted by molar-refractivity contribution is 0.483. The molecule has 1 heterocycles. The van der Waals surface area contributed by atoms with E-state index < -0.39 is 0 Å². The summed E-state index contributed by atoms with van der Waals surface area (Å²) in [6, 6.07) is 19.5. The Bertz CT molecular complexity index is 850. The van der Waals surface area contributed by atoms with E-state index in [0.29, 0.717) is 5.95 Å². The first-order valence-electron chi connectivity index (χ1n) is 9.31. The molecule has 0 spiro atoms. The first-order valence-corrected chi connectivity index (χ1v) is 9.31. The standard InChI is InChI=1S/C22H26N4O/c1-4-5-15-26(3)21-16-17(2)23-22(25-21)24-18-11-13-20(14-12-18)27-19-9-7-6-8-10-19/h6-14,16H,4-5,15H2,1-3H3,(H,23,24,25). The molecule has 0 amide bonds. The van der Waals surface area contributed by atoms with Gasteiger partial charge in [0.2, 0.25) is 5.95 Å². The molecule has 2 aromatic carbocycles.